The van der Waals surface area contributed by atoms with Crippen molar-refractivity contribution in [3.63, 3.8) is 0 Å². The van der Waals surface area contributed by atoms with E-state index < -0.39 is 0 Å². The fraction of sp³-hybridized carbons (Fsp3) is 0. The summed E-state index contributed by atoms with van der Waals surface area (Å²) in [6, 6.07) is 1.46. The van der Waals surface area contributed by atoms with E-state index in [9.17, 15) is 4.79 Å². The van der Waals surface area contributed by atoms with Crippen LogP contribution in [0.5, 0.6) is 0 Å². The molecule has 0 amide bonds. The first kappa shape index (κ1) is 7.98. The van der Waals surface area contributed by atoms with Crippen LogP contribution >= 0.6 is 12.2 Å². The van der Waals surface area contributed by atoms with Crippen LogP contribution in [0.25, 0.3) is 5.57 Å². The van der Waals surface area contributed by atoms with Gasteiger partial charge >= 0.3 is 0 Å². The topological polar surface area (TPSA) is 48.6 Å². The Bertz CT molecular complexity index is 513. The second-order valence-electron chi connectivity index (χ2n) is 2.59. The average molecular weight is 190 g/mol. The maximum Gasteiger partial charge on any atom is 0.252 e. The van der Waals surface area contributed by atoms with E-state index in [-0.39, 0.29) is 5.56 Å². The van der Waals surface area contributed by atoms with Gasteiger partial charge in [0, 0.05) is 11.6 Å². The van der Waals surface area contributed by atoms with Crippen molar-refractivity contribution in [1.82, 2.24) is 9.97 Å². The summed E-state index contributed by atoms with van der Waals surface area (Å²) >= 11 is 4.84. The first-order valence-corrected chi connectivity index (χ1v) is 4.14. The molecular formula is C9H6N2OS. The Morgan fingerprint density at radius 1 is 1.38 bits per heavy atom. The Kier molecular flexibility index (Phi) is 1.85. The van der Waals surface area contributed by atoms with Crippen LogP contribution in [0, 0.1) is 4.77 Å². The molecule has 1 heterocycles. The van der Waals surface area contributed by atoms with Gasteiger partial charge < -0.3 is 4.98 Å². The van der Waals surface area contributed by atoms with Crippen molar-refractivity contribution in [2.45, 2.75) is 0 Å². The van der Waals surface area contributed by atoms with Crippen LogP contribution in [0.2, 0.25) is 0 Å². The molecule has 0 unspecified atom stereocenters. The largest absolute Gasteiger partial charge is 0.331 e. The number of aromatic nitrogens is 2. The van der Waals surface area contributed by atoms with E-state index >= 15 is 0 Å². The molecule has 1 aliphatic rings. The van der Waals surface area contributed by atoms with Gasteiger partial charge in [0.05, 0.1) is 5.69 Å². The molecule has 0 atom stereocenters. The normalized spacial score (nSPS) is 13.4. The predicted octanol–water partition coefficient (Wildman–Crippen LogP) is 1.54. The monoisotopic (exact) mass is 190 g/mol. The Morgan fingerprint density at radius 3 is 2.85 bits per heavy atom. The van der Waals surface area contributed by atoms with E-state index in [1.807, 2.05) is 12.2 Å². The number of nitrogens with one attached hydrogen (secondary N) is 2. The first-order chi connectivity index (χ1) is 6.25. The summed E-state index contributed by atoms with van der Waals surface area (Å²) in [5.41, 5.74) is 4.31. The maximum atomic E-state index is 11.1. The van der Waals surface area contributed by atoms with Crippen molar-refractivity contribution in [2.75, 3.05) is 0 Å². The molecule has 0 fully saturated rings. The number of allylic oxidation sites excluding steroid dienone is 3. The quantitative estimate of drug-likeness (QED) is 0.521. The zero-order valence-corrected chi connectivity index (χ0v) is 7.44. The highest BCUT2D eigenvalue weighted by Crippen LogP contribution is 2.12. The predicted molar refractivity (Wildman–Crippen MR) is 52.9 cm³/mol. The maximum absolute atomic E-state index is 11.1. The Morgan fingerprint density at radius 2 is 2.23 bits per heavy atom. The molecule has 0 bridgehead atoms. The van der Waals surface area contributed by atoms with Gasteiger partial charge in [-0.25, -0.2) is 0 Å². The van der Waals surface area contributed by atoms with Crippen LogP contribution in [0.1, 0.15) is 5.69 Å². The highest BCUT2D eigenvalue weighted by Gasteiger charge is 2.00. The third-order valence-electron chi connectivity index (χ3n) is 1.65. The SMILES string of the molecule is O=c1cc(C2=C=CC=C2)[nH]c(=S)[nH]1. The first-order valence-electron chi connectivity index (χ1n) is 3.73. The van der Waals surface area contributed by atoms with E-state index in [0.29, 0.717) is 10.5 Å². The summed E-state index contributed by atoms with van der Waals surface area (Å²) in [7, 11) is 0. The molecule has 64 valence electrons. The average Bonchev–Trinajstić information content (AvgIpc) is 2.53. The molecule has 0 aromatic carbocycles. The molecule has 0 aliphatic heterocycles. The third kappa shape index (κ3) is 1.59. The number of rotatable bonds is 1. The Labute approximate surface area is 79.1 Å². The van der Waals surface area contributed by atoms with Crippen LogP contribution in [0.15, 0.2) is 34.8 Å². The van der Waals surface area contributed by atoms with Crippen molar-refractivity contribution in [3.8, 4) is 0 Å². The van der Waals surface area contributed by atoms with Gasteiger partial charge in [0.15, 0.2) is 4.77 Å². The number of aromatic amines is 2. The standard InChI is InChI=1S/C9H6N2OS/c12-8-5-7(10-9(13)11-8)6-3-1-2-4-6/h1-3,5H,(H2,10,11,12,13). The molecule has 0 saturated heterocycles. The van der Waals surface area contributed by atoms with Gasteiger partial charge in [-0.05, 0) is 24.4 Å². The zero-order valence-electron chi connectivity index (χ0n) is 6.63. The van der Waals surface area contributed by atoms with Crippen molar-refractivity contribution in [3.05, 3.63) is 50.8 Å². The molecular weight excluding hydrogens is 184 g/mol. The second-order valence-corrected chi connectivity index (χ2v) is 2.99. The zero-order chi connectivity index (χ0) is 9.26. The van der Waals surface area contributed by atoms with Crippen LogP contribution in [0.4, 0.5) is 0 Å². The molecule has 2 N–H and O–H groups in total. The lowest BCUT2D eigenvalue weighted by molar-refractivity contribution is 1.07. The smallest absolute Gasteiger partial charge is 0.252 e. The third-order valence-corrected chi connectivity index (χ3v) is 1.85. The van der Waals surface area contributed by atoms with E-state index in [4.69, 9.17) is 12.2 Å². The molecule has 3 nitrogen and oxygen atoms in total. The minimum absolute atomic E-state index is 0.201. The summed E-state index contributed by atoms with van der Waals surface area (Å²) in [4.78, 5) is 16.4. The molecule has 0 spiro atoms. The minimum atomic E-state index is -0.201. The van der Waals surface area contributed by atoms with Gasteiger partial charge in [-0.1, -0.05) is 6.08 Å². The van der Waals surface area contributed by atoms with E-state index in [1.165, 1.54) is 6.07 Å². The van der Waals surface area contributed by atoms with E-state index in [2.05, 4.69) is 15.7 Å². The Balaban J connectivity index is 2.66. The lowest BCUT2D eigenvalue weighted by Gasteiger charge is -1.96. The molecule has 0 radical (unpaired) electrons. The van der Waals surface area contributed by atoms with Gasteiger partial charge in [-0.3, -0.25) is 9.78 Å². The highest BCUT2D eigenvalue weighted by atomic mass is 32.1. The van der Waals surface area contributed by atoms with Crippen LogP contribution in [0.3, 0.4) is 0 Å². The molecule has 0 saturated carbocycles. The van der Waals surface area contributed by atoms with Gasteiger partial charge in [0.1, 0.15) is 0 Å². The second kappa shape index (κ2) is 3.01. The molecule has 1 aliphatic carbocycles. The van der Waals surface area contributed by atoms with Crippen molar-refractivity contribution >= 4 is 17.8 Å². The molecule has 2 rings (SSSR count). The number of hydrogen-bond acceptors (Lipinski definition) is 2. The molecule has 1 aromatic heterocycles. The van der Waals surface area contributed by atoms with Crippen molar-refractivity contribution in [1.29, 1.82) is 0 Å². The summed E-state index contributed by atoms with van der Waals surface area (Å²) in [5.74, 6) is 0. The lowest BCUT2D eigenvalue weighted by Crippen LogP contribution is -2.07. The molecule has 4 heteroatoms. The van der Waals surface area contributed by atoms with Gasteiger partial charge in [0.2, 0.25) is 0 Å². The molecule has 1 aromatic rings. The van der Waals surface area contributed by atoms with Gasteiger partial charge in [0.25, 0.3) is 5.56 Å². The minimum Gasteiger partial charge on any atom is -0.331 e. The van der Waals surface area contributed by atoms with Gasteiger partial charge in [-0.15, -0.1) is 5.73 Å². The van der Waals surface area contributed by atoms with Crippen molar-refractivity contribution in [2.24, 2.45) is 0 Å². The lowest BCUT2D eigenvalue weighted by atomic mass is 10.2. The van der Waals surface area contributed by atoms with Gasteiger partial charge in [-0.2, -0.15) is 0 Å². The molecule has 13 heavy (non-hydrogen) atoms. The fourth-order valence-corrected chi connectivity index (χ4v) is 1.32. The van der Waals surface area contributed by atoms with Crippen LogP contribution in [-0.4, -0.2) is 9.97 Å². The van der Waals surface area contributed by atoms with E-state index in [0.717, 1.165) is 5.57 Å². The van der Waals surface area contributed by atoms with Crippen LogP contribution < -0.4 is 5.56 Å². The summed E-state index contributed by atoms with van der Waals surface area (Å²) in [6.07, 6.45) is 5.50. The summed E-state index contributed by atoms with van der Waals surface area (Å²) < 4.78 is 0.331. The fourth-order valence-electron chi connectivity index (χ4n) is 1.11. The van der Waals surface area contributed by atoms with E-state index in [1.54, 1.807) is 6.08 Å². The number of hydrogen-bond donors (Lipinski definition) is 2. The summed E-state index contributed by atoms with van der Waals surface area (Å²) in [5, 5.41) is 0. The van der Waals surface area contributed by atoms with Crippen molar-refractivity contribution < 1.29 is 0 Å². The summed E-state index contributed by atoms with van der Waals surface area (Å²) in [6.45, 7) is 0. The van der Waals surface area contributed by atoms with Crippen LogP contribution in [-0.2, 0) is 0 Å². The highest BCUT2D eigenvalue weighted by molar-refractivity contribution is 7.71. The number of H-pyrrole nitrogens is 2. The Hall–Kier alpha value is -1.64.